The van der Waals surface area contributed by atoms with E-state index in [1.54, 1.807) is 16.8 Å². The van der Waals surface area contributed by atoms with Crippen LogP contribution >= 0.6 is 0 Å². The van der Waals surface area contributed by atoms with Crippen LogP contribution in [0.2, 0.25) is 0 Å². The van der Waals surface area contributed by atoms with E-state index >= 15 is 0 Å². The number of alkyl halides is 3. The number of carbonyl (C=O) groups is 1. The highest BCUT2D eigenvalue weighted by atomic mass is 32.2. The predicted octanol–water partition coefficient (Wildman–Crippen LogP) is 4.72. The van der Waals surface area contributed by atoms with E-state index in [2.05, 4.69) is 15.6 Å². The Labute approximate surface area is 182 Å². The summed E-state index contributed by atoms with van der Waals surface area (Å²) in [6.45, 7) is 0. The van der Waals surface area contributed by atoms with Gasteiger partial charge >= 0.3 is 12.2 Å². The van der Waals surface area contributed by atoms with Gasteiger partial charge in [-0.2, -0.15) is 13.2 Å². The maximum atomic E-state index is 12.9. The fraction of sp³-hybridized carbons (Fsp3) is 0.238. The van der Waals surface area contributed by atoms with Crippen molar-refractivity contribution in [2.24, 2.45) is 5.92 Å². The van der Waals surface area contributed by atoms with E-state index in [0.717, 1.165) is 25.0 Å². The van der Waals surface area contributed by atoms with Gasteiger partial charge in [-0.05, 0) is 55.2 Å². The van der Waals surface area contributed by atoms with Gasteiger partial charge < -0.3 is 15.2 Å². The second kappa shape index (κ2) is 8.30. The largest absolute Gasteiger partial charge is 0.416 e. The number of aromatic nitrogens is 2. The molecule has 1 fully saturated rings. The molecule has 11 heteroatoms. The maximum absolute atomic E-state index is 12.9. The zero-order valence-corrected chi connectivity index (χ0v) is 17.4. The van der Waals surface area contributed by atoms with Crippen molar-refractivity contribution >= 4 is 27.2 Å². The fourth-order valence-electron chi connectivity index (χ4n) is 3.18. The molecule has 1 heterocycles. The summed E-state index contributed by atoms with van der Waals surface area (Å²) in [5.41, 5.74) is -0.335. The minimum absolute atomic E-state index is 0.0350. The summed E-state index contributed by atoms with van der Waals surface area (Å²) in [7, 11) is -3.54. The quantitative estimate of drug-likeness (QED) is 0.552. The van der Waals surface area contributed by atoms with Crippen molar-refractivity contribution in [3.63, 3.8) is 0 Å². The first-order valence-corrected chi connectivity index (χ1v) is 11.4. The van der Waals surface area contributed by atoms with Crippen molar-refractivity contribution in [2.75, 3.05) is 16.4 Å². The number of hydrogen-bond acceptors (Lipinski definition) is 4. The van der Waals surface area contributed by atoms with Crippen molar-refractivity contribution in [2.45, 2.75) is 23.9 Å². The fourth-order valence-corrected chi connectivity index (χ4v) is 4.90. The van der Waals surface area contributed by atoms with Crippen LogP contribution in [-0.4, -0.2) is 29.8 Å². The Morgan fingerprint density at radius 2 is 1.91 bits per heavy atom. The third-order valence-electron chi connectivity index (χ3n) is 4.96. The summed E-state index contributed by atoms with van der Waals surface area (Å²) in [6, 6.07) is 7.75. The van der Waals surface area contributed by atoms with Gasteiger partial charge in [0.25, 0.3) is 0 Å². The lowest BCUT2D eigenvalue weighted by molar-refractivity contribution is -0.137. The Morgan fingerprint density at radius 1 is 1.12 bits per heavy atom. The van der Waals surface area contributed by atoms with E-state index < -0.39 is 27.6 Å². The van der Waals surface area contributed by atoms with Crippen molar-refractivity contribution in [1.29, 1.82) is 0 Å². The van der Waals surface area contributed by atoms with E-state index in [-0.39, 0.29) is 27.9 Å². The molecular weight excluding hydrogens is 445 g/mol. The molecule has 1 aliphatic rings. The van der Waals surface area contributed by atoms with E-state index in [1.165, 1.54) is 36.8 Å². The molecule has 3 aromatic rings. The van der Waals surface area contributed by atoms with E-state index in [1.807, 2.05) is 0 Å². The molecule has 0 unspecified atom stereocenters. The van der Waals surface area contributed by atoms with E-state index in [4.69, 9.17) is 0 Å². The monoisotopic (exact) mass is 464 g/mol. The number of nitrogens with zero attached hydrogens (tertiary/aromatic N) is 2. The molecule has 2 N–H and O–H groups in total. The molecule has 2 aromatic carbocycles. The molecule has 4 rings (SSSR count). The second-order valence-corrected chi connectivity index (χ2v) is 9.57. The average Bonchev–Trinajstić information content (AvgIpc) is 3.35. The maximum Gasteiger partial charge on any atom is 0.416 e. The van der Waals surface area contributed by atoms with Crippen LogP contribution < -0.4 is 10.6 Å². The van der Waals surface area contributed by atoms with Crippen molar-refractivity contribution in [1.82, 2.24) is 9.55 Å². The molecular formula is C21H19F3N4O3S. The van der Waals surface area contributed by atoms with Crippen LogP contribution in [0.5, 0.6) is 0 Å². The summed E-state index contributed by atoms with van der Waals surface area (Å²) >= 11 is 0. The van der Waals surface area contributed by atoms with Crippen LogP contribution in [0.25, 0.3) is 5.69 Å². The molecule has 7 nitrogen and oxygen atoms in total. The Balaban J connectivity index is 1.61. The molecule has 0 aliphatic heterocycles. The zero-order chi connectivity index (χ0) is 22.9. The molecule has 1 aliphatic carbocycles. The van der Waals surface area contributed by atoms with Crippen molar-refractivity contribution < 1.29 is 26.4 Å². The molecule has 0 saturated heterocycles. The number of nitrogens with one attached hydrogen (secondary N) is 2. The highest BCUT2D eigenvalue weighted by molar-refractivity contribution is 7.91. The number of carbonyl (C=O) groups excluding carboxylic acids is 1. The topological polar surface area (TPSA) is 93.1 Å². The lowest BCUT2D eigenvalue weighted by Crippen LogP contribution is -2.21. The minimum Gasteiger partial charge on any atom is -0.308 e. The molecule has 0 radical (unpaired) electrons. The standard InChI is InChI=1S/C21H19F3N4O3S/c22-21(23,24)15-2-1-3-16(10-15)26-20(29)27-18-11-17(32(30,31)12-14-4-5-14)6-7-19(18)28-9-8-25-13-28/h1-3,6-11,13-14H,4-5,12H2,(H2,26,27,29). The molecule has 0 atom stereocenters. The van der Waals surface area contributed by atoms with Crippen molar-refractivity contribution in [3.05, 3.63) is 66.7 Å². The lowest BCUT2D eigenvalue weighted by atomic mass is 10.2. The van der Waals surface area contributed by atoms with Crippen LogP contribution in [0.3, 0.4) is 0 Å². The minimum atomic E-state index is -4.55. The molecule has 168 valence electrons. The third kappa shape index (κ3) is 5.10. The van der Waals surface area contributed by atoms with Crippen LogP contribution in [0.1, 0.15) is 18.4 Å². The highest BCUT2D eigenvalue weighted by Crippen LogP contribution is 2.34. The number of anilines is 2. The second-order valence-electron chi connectivity index (χ2n) is 7.53. The summed E-state index contributed by atoms with van der Waals surface area (Å²) in [5.74, 6) is 0.182. The lowest BCUT2D eigenvalue weighted by Gasteiger charge is -2.15. The van der Waals surface area contributed by atoms with Gasteiger partial charge in [0.05, 0.1) is 33.9 Å². The average molecular weight is 464 g/mol. The van der Waals surface area contributed by atoms with Gasteiger partial charge in [0, 0.05) is 18.1 Å². The van der Waals surface area contributed by atoms with Crippen LogP contribution in [-0.2, 0) is 16.0 Å². The van der Waals surface area contributed by atoms with Gasteiger partial charge in [0.1, 0.15) is 0 Å². The number of urea groups is 1. The Morgan fingerprint density at radius 3 is 2.56 bits per heavy atom. The molecule has 1 aromatic heterocycles. The number of hydrogen-bond donors (Lipinski definition) is 2. The smallest absolute Gasteiger partial charge is 0.308 e. The Kier molecular flexibility index (Phi) is 5.68. The molecule has 1 saturated carbocycles. The SMILES string of the molecule is O=C(Nc1cccc(C(F)(F)F)c1)Nc1cc(S(=O)(=O)CC2CC2)ccc1-n1ccnc1. The Bertz CT molecular complexity index is 1240. The first-order valence-electron chi connectivity index (χ1n) is 9.72. The summed E-state index contributed by atoms with van der Waals surface area (Å²) in [4.78, 5) is 16.5. The molecule has 0 spiro atoms. The number of imidazole rings is 1. The van der Waals surface area contributed by atoms with Gasteiger partial charge in [-0.25, -0.2) is 18.2 Å². The predicted molar refractivity (Wildman–Crippen MR) is 112 cm³/mol. The number of benzene rings is 2. The van der Waals surface area contributed by atoms with Gasteiger partial charge in [-0.1, -0.05) is 6.07 Å². The third-order valence-corrected chi connectivity index (χ3v) is 6.84. The first-order chi connectivity index (χ1) is 15.1. The van der Waals surface area contributed by atoms with E-state index in [9.17, 15) is 26.4 Å². The normalized spacial score (nSPS) is 14.2. The van der Waals surface area contributed by atoms with Gasteiger partial charge in [-0.15, -0.1) is 0 Å². The van der Waals surface area contributed by atoms with Gasteiger partial charge in [-0.3, -0.25) is 0 Å². The van der Waals surface area contributed by atoms with Gasteiger partial charge in [0.2, 0.25) is 0 Å². The number of amides is 2. The molecule has 32 heavy (non-hydrogen) atoms. The van der Waals surface area contributed by atoms with Crippen molar-refractivity contribution in [3.8, 4) is 5.69 Å². The molecule has 2 amide bonds. The van der Waals surface area contributed by atoms with Crippen LogP contribution in [0, 0.1) is 5.92 Å². The van der Waals surface area contributed by atoms with E-state index in [0.29, 0.717) is 5.69 Å². The van der Waals surface area contributed by atoms with Crippen LogP contribution in [0.4, 0.5) is 29.3 Å². The zero-order valence-electron chi connectivity index (χ0n) is 16.6. The number of halogens is 3. The Hall–Kier alpha value is -3.34. The first kappa shape index (κ1) is 21.9. The van der Waals surface area contributed by atoms with Crippen LogP contribution in [0.15, 0.2) is 66.1 Å². The highest BCUT2D eigenvalue weighted by Gasteiger charge is 2.31. The number of sulfone groups is 1. The molecule has 0 bridgehead atoms. The summed E-state index contributed by atoms with van der Waals surface area (Å²) < 4.78 is 65.7. The summed E-state index contributed by atoms with van der Waals surface area (Å²) in [6.07, 6.45) is 1.80. The number of rotatable bonds is 6. The van der Waals surface area contributed by atoms with Gasteiger partial charge in [0.15, 0.2) is 9.84 Å². The summed E-state index contributed by atoms with van der Waals surface area (Å²) in [5, 5.41) is 4.89.